The smallest absolute Gasteiger partial charge is 0.418 e. The largest absolute Gasteiger partial charge is 0.507 e. The lowest BCUT2D eigenvalue weighted by molar-refractivity contribution is 0.0528. The number of aromatic hydroxyl groups is 2. The Balaban J connectivity index is 1.41. The number of carbonyl (C=O) groups excluding carboxylic acids is 2. The number of phenolic OH excluding ortho intramolecular Hbond substituents is 2. The summed E-state index contributed by atoms with van der Waals surface area (Å²) in [6, 6.07) is 26.4. The lowest BCUT2D eigenvalue weighted by atomic mass is 9.83. The normalized spacial score (nSPS) is 12.6. The summed E-state index contributed by atoms with van der Waals surface area (Å²) >= 11 is 0. The number of fused-ring (bicyclic) bond motifs is 3. The number of aromatic nitrogens is 4. The molecule has 0 fully saturated rings. The number of hydrogen-bond donors (Lipinski definition) is 2. The molecule has 0 atom stereocenters. The molecule has 0 bridgehead atoms. The Morgan fingerprint density at radius 2 is 0.833 bits per heavy atom. The molecule has 0 aliphatic heterocycles. The number of carbonyl (C=O) groups is 2. The average molecular weight is 807 g/mol. The van der Waals surface area contributed by atoms with E-state index in [1.54, 1.807) is 36.7 Å². The highest BCUT2D eigenvalue weighted by molar-refractivity contribution is 6.04. The summed E-state index contributed by atoms with van der Waals surface area (Å²) < 4.78 is 14.2. The third kappa shape index (κ3) is 8.24. The second-order valence-electron chi connectivity index (χ2n) is 19.4. The molecule has 0 saturated heterocycles. The van der Waals surface area contributed by atoms with Gasteiger partial charge in [0.05, 0.1) is 33.8 Å². The molecule has 2 N–H and O–H groups in total. The predicted octanol–water partition coefficient (Wildman–Crippen LogP) is 12.6. The maximum Gasteiger partial charge on any atom is 0.418 e. The van der Waals surface area contributed by atoms with Crippen molar-refractivity contribution in [1.29, 1.82) is 0 Å². The third-order valence-electron chi connectivity index (χ3n) is 10.3. The standard InChI is InChI=1S/C50H54N4O6/c1-47(2,3)31-25-33(43(55)35(27-31)39-15-13-23-53(39)45(57)59-49(7,8)9)37-21-19-29-17-18-30-20-22-38(52-42(30)41(29)51-37)34-26-32(48(4,5)6)28-36(44(34)56)40-16-14-24-54(40)46(58)60-50(10,11)12/h13-28,55-56H,1-12H3. The highest BCUT2D eigenvalue weighted by atomic mass is 16.6. The molecule has 3 aromatic carbocycles. The zero-order valence-corrected chi connectivity index (χ0v) is 36.6. The minimum Gasteiger partial charge on any atom is -0.507 e. The lowest BCUT2D eigenvalue weighted by Gasteiger charge is -2.24. The summed E-state index contributed by atoms with van der Waals surface area (Å²) in [5.41, 5.74) is 4.96. The van der Waals surface area contributed by atoms with Crippen LogP contribution in [0.4, 0.5) is 9.59 Å². The summed E-state index contributed by atoms with van der Waals surface area (Å²) in [5.74, 6) is -0.0559. The van der Waals surface area contributed by atoms with Crippen LogP contribution in [0.1, 0.15) is 94.2 Å². The van der Waals surface area contributed by atoms with Gasteiger partial charge in [-0.2, -0.15) is 0 Å². The van der Waals surface area contributed by atoms with Crippen LogP contribution in [0.25, 0.3) is 66.8 Å². The Morgan fingerprint density at radius 1 is 0.500 bits per heavy atom. The van der Waals surface area contributed by atoms with Crippen LogP contribution in [0, 0.1) is 0 Å². The quantitative estimate of drug-likeness (QED) is 0.168. The van der Waals surface area contributed by atoms with Crippen molar-refractivity contribution in [3.63, 3.8) is 0 Å². The van der Waals surface area contributed by atoms with E-state index in [4.69, 9.17) is 19.4 Å². The van der Waals surface area contributed by atoms with Gasteiger partial charge in [0, 0.05) is 45.4 Å². The molecule has 60 heavy (non-hydrogen) atoms. The number of hydrogen-bond acceptors (Lipinski definition) is 8. The van der Waals surface area contributed by atoms with Crippen LogP contribution in [-0.2, 0) is 20.3 Å². The van der Waals surface area contributed by atoms with Crippen molar-refractivity contribution in [2.24, 2.45) is 0 Å². The van der Waals surface area contributed by atoms with Gasteiger partial charge >= 0.3 is 12.2 Å². The molecule has 0 saturated carbocycles. The van der Waals surface area contributed by atoms with Gasteiger partial charge in [-0.1, -0.05) is 65.8 Å². The van der Waals surface area contributed by atoms with E-state index in [1.165, 1.54) is 9.13 Å². The van der Waals surface area contributed by atoms with Gasteiger partial charge in [0.1, 0.15) is 22.7 Å². The Morgan fingerprint density at radius 3 is 1.17 bits per heavy atom. The molecule has 10 heteroatoms. The van der Waals surface area contributed by atoms with E-state index in [2.05, 4.69) is 41.5 Å². The van der Waals surface area contributed by atoms with Gasteiger partial charge < -0.3 is 19.7 Å². The highest BCUT2D eigenvalue weighted by Gasteiger charge is 2.28. The van der Waals surface area contributed by atoms with Gasteiger partial charge in [0.2, 0.25) is 0 Å². The molecule has 0 radical (unpaired) electrons. The summed E-state index contributed by atoms with van der Waals surface area (Å²) in [6.45, 7) is 23.4. The molecule has 0 spiro atoms. The predicted molar refractivity (Wildman–Crippen MR) is 239 cm³/mol. The first kappa shape index (κ1) is 41.7. The Labute approximate surface area is 351 Å². The number of ether oxygens (including phenoxy) is 2. The molecule has 4 heterocycles. The SMILES string of the molecule is CC(C)(C)OC(=O)n1cccc1-c1cc(C(C)(C)C)cc(-c2ccc3ccc4ccc(-c5cc(C(C)(C)C)cc(-c6cccn6C(=O)OC(C)(C)C)c5O)nc4c3n2)c1O. The number of benzene rings is 3. The molecule has 7 aromatic rings. The minimum atomic E-state index is -0.713. The molecular weight excluding hydrogens is 753 g/mol. The van der Waals surface area contributed by atoms with E-state index < -0.39 is 23.4 Å². The van der Waals surface area contributed by atoms with Crippen molar-refractivity contribution < 1.29 is 29.3 Å². The maximum absolute atomic E-state index is 13.3. The zero-order valence-electron chi connectivity index (χ0n) is 36.6. The van der Waals surface area contributed by atoms with E-state index in [9.17, 15) is 19.8 Å². The fraction of sp³-hybridized carbons (Fsp3) is 0.320. The second kappa shape index (κ2) is 14.7. The van der Waals surface area contributed by atoms with E-state index in [0.717, 1.165) is 21.9 Å². The van der Waals surface area contributed by atoms with Crippen LogP contribution in [0.15, 0.2) is 97.3 Å². The van der Waals surface area contributed by atoms with Gasteiger partial charge in [-0.3, -0.25) is 9.13 Å². The highest BCUT2D eigenvalue weighted by Crippen LogP contribution is 2.44. The summed E-state index contributed by atoms with van der Waals surface area (Å²) in [5, 5.41) is 25.8. The lowest BCUT2D eigenvalue weighted by Crippen LogP contribution is -2.27. The minimum absolute atomic E-state index is 0.0279. The first-order chi connectivity index (χ1) is 27.9. The Kier molecular flexibility index (Phi) is 10.2. The average Bonchev–Trinajstić information content (AvgIpc) is 3.83. The topological polar surface area (TPSA) is 129 Å². The van der Waals surface area contributed by atoms with E-state index in [0.29, 0.717) is 56.1 Å². The Bertz CT molecular complexity index is 2630. The van der Waals surface area contributed by atoms with Crippen molar-refractivity contribution in [2.75, 3.05) is 0 Å². The molecule has 0 aliphatic rings. The fourth-order valence-electron chi connectivity index (χ4n) is 7.13. The third-order valence-corrected chi connectivity index (χ3v) is 10.3. The maximum atomic E-state index is 13.3. The van der Waals surface area contributed by atoms with Crippen LogP contribution in [-0.4, -0.2) is 52.7 Å². The Hall–Kier alpha value is -6.42. The second-order valence-corrected chi connectivity index (χ2v) is 19.4. The van der Waals surface area contributed by atoms with Gasteiger partial charge in [-0.25, -0.2) is 19.6 Å². The number of nitrogens with zero attached hydrogens (tertiary/aromatic N) is 4. The summed E-state index contributed by atoms with van der Waals surface area (Å²) in [7, 11) is 0. The fourth-order valence-corrected chi connectivity index (χ4v) is 7.13. The molecule has 4 aromatic heterocycles. The number of pyridine rings is 2. The van der Waals surface area contributed by atoms with E-state index in [-0.39, 0.29) is 22.3 Å². The van der Waals surface area contributed by atoms with Crippen molar-refractivity contribution in [2.45, 2.75) is 105 Å². The van der Waals surface area contributed by atoms with Crippen molar-refractivity contribution in [1.82, 2.24) is 19.1 Å². The zero-order chi connectivity index (χ0) is 43.7. The van der Waals surface area contributed by atoms with Crippen LogP contribution < -0.4 is 0 Å². The molecule has 10 nitrogen and oxygen atoms in total. The molecule has 310 valence electrons. The molecule has 7 rings (SSSR count). The van der Waals surface area contributed by atoms with Gasteiger partial charge in [0.25, 0.3) is 0 Å². The van der Waals surface area contributed by atoms with Crippen LogP contribution in [0.2, 0.25) is 0 Å². The van der Waals surface area contributed by atoms with Crippen molar-refractivity contribution in [3.8, 4) is 56.5 Å². The van der Waals surface area contributed by atoms with Gasteiger partial charge in [-0.15, -0.1) is 0 Å². The molecular formula is C50H54N4O6. The van der Waals surface area contributed by atoms with Crippen LogP contribution in [0.5, 0.6) is 11.5 Å². The molecule has 0 unspecified atom stereocenters. The van der Waals surface area contributed by atoms with Crippen LogP contribution >= 0.6 is 0 Å². The summed E-state index contributed by atoms with van der Waals surface area (Å²) in [6.07, 6.45) is 2.16. The number of rotatable bonds is 4. The van der Waals surface area contributed by atoms with E-state index >= 15 is 0 Å². The monoisotopic (exact) mass is 806 g/mol. The van der Waals surface area contributed by atoms with Gasteiger partial charge in [-0.05, 0) is 124 Å². The van der Waals surface area contributed by atoms with Crippen molar-refractivity contribution in [3.05, 3.63) is 108 Å². The molecule has 0 aliphatic carbocycles. The van der Waals surface area contributed by atoms with E-state index in [1.807, 2.05) is 102 Å². The summed E-state index contributed by atoms with van der Waals surface area (Å²) in [4.78, 5) is 37.0. The first-order valence-corrected chi connectivity index (χ1v) is 20.2. The van der Waals surface area contributed by atoms with Crippen molar-refractivity contribution >= 4 is 34.0 Å². The first-order valence-electron chi connectivity index (χ1n) is 20.2. The van der Waals surface area contributed by atoms with Gasteiger partial charge in [0.15, 0.2) is 0 Å². The number of phenols is 2. The van der Waals surface area contributed by atoms with Crippen LogP contribution in [0.3, 0.4) is 0 Å². The molecule has 0 amide bonds.